The van der Waals surface area contributed by atoms with E-state index in [9.17, 15) is 31.2 Å². The van der Waals surface area contributed by atoms with Gasteiger partial charge in [0, 0.05) is 18.1 Å². The van der Waals surface area contributed by atoms with Crippen LogP contribution >= 0.6 is 11.3 Å². The zero-order chi connectivity index (χ0) is 44.9. The summed E-state index contributed by atoms with van der Waals surface area (Å²) in [5.74, 6) is -1.72. The number of nitrogens with two attached hydrogens (primary N) is 1. The zero-order valence-electron chi connectivity index (χ0n) is 35.6. The predicted octanol–water partition coefficient (Wildman–Crippen LogP) is 5.00. The number of nitrogens with zero attached hydrogens (tertiary/aromatic N) is 2. The smallest absolute Gasteiger partial charge is 0.264 e. The lowest BCUT2D eigenvalue weighted by atomic mass is 9.84. The molecule has 1 aliphatic rings. The second-order valence-electron chi connectivity index (χ2n) is 15.7. The molecule has 3 atom stereocenters. The normalized spacial score (nSPS) is 15.3. The fraction of sp³-hybridized carbons (Fsp3) is 0.432. The Bertz CT molecular complexity index is 2390. The number of hydrogen-bond donors (Lipinski definition) is 5. The highest BCUT2D eigenvalue weighted by molar-refractivity contribution is 7.90. The molecule has 5 rings (SSSR count). The number of aliphatic imine (C=N–C) groups is 1. The molecule has 0 spiro atoms. The van der Waals surface area contributed by atoms with E-state index in [2.05, 4.69) is 30.1 Å². The van der Waals surface area contributed by atoms with Gasteiger partial charge in [0.05, 0.1) is 23.8 Å². The number of benzene rings is 3. The number of hydrogen-bond acceptors (Lipinski definition) is 11. The SMILES string of the molecule is COc1cc(C)c(S(=O)(=O)NC(N)=NCCC[C@H](NC(=O)[C@H](CC2CCCCC2)NC(=O)[C@@H](Cc2ccccc2)NS(=O)(=O)Cc2ccccc2)C(=O)c2nccs2)c(C)c1C. The molecule has 334 valence electrons. The lowest BCUT2D eigenvalue weighted by Crippen LogP contribution is -2.56. The van der Waals surface area contributed by atoms with Crippen LogP contribution in [-0.2, 0) is 41.8 Å². The van der Waals surface area contributed by atoms with Gasteiger partial charge in [-0.3, -0.25) is 19.4 Å². The van der Waals surface area contributed by atoms with E-state index >= 15 is 0 Å². The van der Waals surface area contributed by atoms with E-state index in [1.54, 1.807) is 86.8 Å². The Labute approximate surface area is 368 Å². The van der Waals surface area contributed by atoms with Crippen LogP contribution in [0.1, 0.15) is 89.0 Å². The summed E-state index contributed by atoms with van der Waals surface area (Å²) in [4.78, 5) is 50.8. The van der Waals surface area contributed by atoms with Crippen LogP contribution < -0.4 is 30.5 Å². The first-order chi connectivity index (χ1) is 29.6. The molecule has 3 aromatic carbocycles. The van der Waals surface area contributed by atoms with Crippen molar-refractivity contribution in [2.75, 3.05) is 13.7 Å². The molecule has 1 aliphatic carbocycles. The Balaban J connectivity index is 1.33. The molecule has 1 saturated carbocycles. The highest BCUT2D eigenvalue weighted by Gasteiger charge is 2.34. The molecule has 18 heteroatoms. The molecule has 0 saturated heterocycles. The number of ketones is 1. The van der Waals surface area contributed by atoms with Crippen molar-refractivity contribution in [3.63, 3.8) is 0 Å². The molecule has 6 N–H and O–H groups in total. The van der Waals surface area contributed by atoms with E-state index in [1.165, 1.54) is 13.3 Å². The largest absolute Gasteiger partial charge is 0.496 e. The maximum atomic E-state index is 14.3. The first-order valence-corrected chi connectivity index (χ1v) is 24.7. The van der Waals surface area contributed by atoms with Gasteiger partial charge in [-0.2, -0.15) is 0 Å². The lowest BCUT2D eigenvalue weighted by molar-refractivity contribution is -0.130. The summed E-state index contributed by atoms with van der Waals surface area (Å²) in [6.07, 6.45) is 6.86. The van der Waals surface area contributed by atoms with Gasteiger partial charge in [-0.25, -0.2) is 31.3 Å². The Kier molecular flexibility index (Phi) is 17.2. The minimum absolute atomic E-state index is 0.0119. The van der Waals surface area contributed by atoms with Crippen LogP contribution in [0.25, 0.3) is 0 Å². The van der Waals surface area contributed by atoms with Crippen LogP contribution in [-0.4, -0.2) is 77.2 Å². The van der Waals surface area contributed by atoms with Gasteiger partial charge in [0.25, 0.3) is 10.0 Å². The fourth-order valence-corrected chi connectivity index (χ4v) is 11.2. The molecule has 0 aliphatic heterocycles. The summed E-state index contributed by atoms with van der Waals surface area (Å²) < 4.78 is 64.0. The summed E-state index contributed by atoms with van der Waals surface area (Å²) in [5.41, 5.74) is 8.97. The van der Waals surface area contributed by atoms with Crippen molar-refractivity contribution in [3.8, 4) is 5.75 Å². The molecule has 1 heterocycles. The number of thiazole rings is 1. The molecule has 1 fully saturated rings. The molecular weight excluding hydrogens is 851 g/mol. The topological polar surface area (TPSA) is 228 Å². The van der Waals surface area contributed by atoms with E-state index < -0.39 is 55.8 Å². The summed E-state index contributed by atoms with van der Waals surface area (Å²) in [7, 11) is -6.61. The Morgan fingerprint density at radius 1 is 0.871 bits per heavy atom. The monoisotopic (exact) mass is 907 g/mol. The highest BCUT2D eigenvalue weighted by atomic mass is 32.2. The quantitative estimate of drug-likeness (QED) is 0.0325. The number of carbonyl (C=O) groups is 3. The van der Waals surface area contributed by atoms with Crippen molar-refractivity contribution in [2.24, 2.45) is 16.6 Å². The summed E-state index contributed by atoms with van der Waals surface area (Å²) in [6, 6.07) is 15.9. The number of aromatic nitrogens is 1. The van der Waals surface area contributed by atoms with E-state index in [1.807, 2.05) is 6.07 Å². The number of methoxy groups -OCH3 is 1. The first-order valence-electron chi connectivity index (χ1n) is 20.7. The van der Waals surface area contributed by atoms with E-state index in [0.29, 0.717) is 28.0 Å². The van der Waals surface area contributed by atoms with Gasteiger partial charge in [0.1, 0.15) is 17.8 Å². The Hall–Kier alpha value is -5.17. The van der Waals surface area contributed by atoms with Crippen LogP contribution in [0.4, 0.5) is 0 Å². The summed E-state index contributed by atoms with van der Waals surface area (Å²) in [5, 5.41) is 7.56. The molecule has 62 heavy (non-hydrogen) atoms. The summed E-state index contributed by atoms with van der Waals surface area (Å²) >= 11 is 1.12. The van der Waals surface area contributed by atoms with Crippen molar-refractivity contribution in [2.45, 2.75) is 107 Å². The lowest BCUT2D eigenvalue weighted by Gasteiger charge is -2.29. The maximum absolute atomic E-state index is 14.3. The molecule has 1 aromatic heterocycles. The average molecular weight is 908 g/mol. The second kappa shape index (κ2) is 22.3. The Morgan fingerprint density at radius 2 is 1.50 bits per heavy atom. The standard InChI is InChI=1S/C44H57N7O8S3/c1-29-25-38(59-4)30(2)31(3)40(29)62(57,58)51-44(45)47-22-14-21-35(39(52)43-46-23-24-60-43)48-41(53)36(26-32-15-8-5-9-16-32)49-42(54)37(27-33-17-10-6-11-18-33)50-61(55,56)28-34-19-12-7-13-20-34/h6-7,10-13,17-20,23-25,32,35-37,50H,5,8-9,14-16,21-22,26-28H2,1-4H3,(H,48,53)(H,49,54)(H3,45,47,51)/t35-,36-,37+/m0/s1. The second-order valence-corrected chi connectivity index (χ2v) is 19.9. The highest BCUT2D eigenvalue weighted by Crippen LogP contribution is 2.31. The third-order valence-corrected chi connectivity index (χ3v) is 14.8. The molecule has 2 amide bonds. The van der Waals surface area contributed by atoms with Crippen LogP contribution in [0.2, 0.25) is 0 Å². The average Bonchev–Trinajstić information content (AvgIpc) is 3.78. The number of carbonyl (C=O) groups excluding carboxylic acids is 3. The zero-order valence-corrected chi connectivity index (χ0v) is 38.0. The van der Waals surface area contributed by atoms with Crippen LogP contribution in [0.5, 0.6) is 5.75 Å². The van der Waals surface area contributed by atoms with Crippen molar-refractivity contribution < 1.29 is 36.0 Å². The summed E-state index contributed by atoms with van der Waals surface area (Å²) in [6.45, 7) is 5.12. The van der Waals surface area contributed by atoms with Gasteiger partial charge >= 0.3 is 0 Å². The number of nitrogens with one attached hydrogen (secondary N) is 4. The van der Waals surface area contributed by atoms with E-state index in [4.69, 9.17) is 10.5 Å². The van der Waals surface area contributed by atoms with Crippen molar-refractivity contribution in [3.05, 3.63) is 111 Å². The predicted molar refractivity (Wildman–Crippen MR) is 241 cm³/mol. The third-order valence-electron chi connectivity index (χ3n) is 11.0. The fourth-order valence-electron chi connectivity index (χ4n) is 7.75. The van der Waals surface area contributed by atoms with Gasteiger partial charge in [-0.15, -0.1) is 11.3 Å². The van der Waals surface area contributed by atoms with Crippen LogP contribution in [0, 0.1) is 26.7 Å². The van der Waals surface area contributed by atoms with Gasteiger partial charge in [-0.1, -0.05) is 92.8 Å². The molecule has 0 bridgehead atoms. The maximum Gasteiger partial charge on any atom is 0.264 e. The molecule has 15 nitrogen and oxygen atoms in total. The number of aryl methyl sites for hydroxylation is 1. The van der Waals surface area contributed by atoms with Gasteiger partial charge in [-0.05, 0) is 86.3 Å². The van der Waals surface area contributed by atoms with Crippen molar-refractivity contribution >= 4 is 54.9 Å². The van der Waals surface area contributed by atoms with E-state index in [-0.39, 0.29) is 59.8 Å². The number of sulfonamides is 2. The number of Topliss-reactive ketones (excluding diaryl/α,β-unsaturated/α-hetero) is 1. The third kappa shape index (κ3) is 13.7. The molecular formula is C44H57N7O8S3. The van der Waals surface area contributed by atoms with Crippen molar-refractivity contribution in [1.82, 2.24) is 25.1 Å². The van der Waals surface area contributed by atoms with Crippen LogP contribution in [0.15, 0.2) is 88.2 Å². The van der Waals surface area contributed by atoms with Gasteiger partial charge in [0.15, 0.2) is 5.01 Å². The van der Waals surface area contributed by atoms with E-state index in [0.717, 1.165) is 49.0 Å². The van der Waals surface area contributed by atoms with Gasteiger partial charge in [0.2, 0.25) is 33.6 Å². The first kappa shape index (κ1) is 47.9. The number of amides is 2. The minimum Gasteiger partial charge on any atom is -0.496 e. The minimum atomic E-state index is -4.11. The Morgan fingerprint density at radius 3 is 2.13 bits per heavy atom. The number of rotatable bonds is 21. The van der Waals surface area contributed by atoms with Gasteiger partial charge < -0.3 is 21.1 Å². The van der Waals surface area contributed by atoms with Crippen LogP contribution in [0.3, 0.4) is 0 Å². The number of ether oxygens (including phenoxy) is 1. The molecule has 0 unspecified atom stereocenters. The van der Waals surface area contributed by atoms with Crippen molar-refractivity contribution in [1.29, 1.82) is 0 Å². The molecule has 4 aromatic rings. The number of guanidine groups is 1. The molecule has 0 radical (unpaired) electrons.